The minimum Gasteiger partial charge on any atom is -0.413 e. The molecule has 2 aliphatic rings. The number of alkyl halides is 6. The van der Waals surface area contributed by atoms with Crippen molar-refractivity contribution in [3.8, 4) is 22.9 Å². The van der Waals surface area contributed by atoms with Crippen molar-refractivity contribution < 1.29 is 69.6 Å². The Hall–Kier alpha value is -5.87. The molecule has 0 unspecified atom stereocenters. The molecule has 2 fully saturated rings. The lowest BCUT2D eigenvalue weighted by Gasteiger charge is -2.33. The zero-order valence-electron chi connectivity index (χ0n) is 35.4. The first-order valence-electron chi connectivity index (χ1n) is 20.3. The summed E-state index contributed by atoms with van der Waals surface area (Å²) in [5, 5.41) is 15.4. The van der Waals surface area contributed by atoms with Gasteiger partial charge in [0.15, 0.2) is 0 Å². The van der Waals surface area contributed by atoms with E-state index in [9.17, 15) is 60.7 Å². The Balaban J connectivity index is 0.000000224. The van der Waals surface area contributed by atoms with Gasteiger partial charge in [-0.2, -0.15) is 51.8 Å². The van der Waals surface area contributed by atoms with E-state index >= 15 is 0 Å². The number of nitrogens with zero attached hydrogens (tertiary/aromatic N) is 8. The number of aromatic nitrogens is 4. The Morgan fingerprint density at radius 1 is 0.551 bits per heavy atom. The van der Waals surface area contributed by atoms with Gasteiger partial charge in [-0.25, -0.2) is 17.6 Å². The minimum absolute atomic E-state index is 0. The predicted octanol–water partition coefficient (Wildman–Crippen LogP) is 8.38. The van der Waals surface area contributed by atoms with E-state index in [1.807, 2.05) is 0 Å². The van der Waals surface area contributed by atoms with Gasteiger partial charge in [-0.1, -0.05) is 30.7 Å². The van der Waals surface area contributed by atoms with E-state index in [0.29, 0.717) is 25.9 Å². The van der Waals surface area contributed by atoms with E-state index in [4.69, 9.17) is 0 Å². The van der Waals surface area contributed by atoms with E-state index in [1.54, 1.807) is 0 Å². The Morgan fingerprint density at radius 3 is 1.32 bits per heavy atom. The minimum atomic E-state index is -4.85. The van der Waals surface area contributed by atoms with Crippen LogP contribution in [-0.4, -0.2) is 85.1 Å². The van der Waals surface area contributed by atoms with Crippen molar-refractivity contribution in [1.82, 2.24) is 34.3 Å². The number of rotatable bonds is 12. The maximum Gasteiger partial charge on any atom is 0.470 e. The molecule has 0 radical (unpaired) electrons. The number of benzene rings is 4. The highest BCUT2D eigenvalue weighted by Gasteiger charge is 2.40. The molecule has 6 aromatic rings. The fraction of sp³-hybridized carbons (Fsp3) is 0.317. The normalized spacial score (nSPS) is 15.2. The Labute approximate surface area is 393 Å². The Kier molecular flexibility index (Phi) is 16.3. The lowest BCUT2D eigenvalue weighted by Crippen LogP contribution is -2.51. The number of nitrogens with one attached hydrogen (secondary N) is 1. The first-order valence-corrected chi connectivity index (χ1v) is 23.1. The zero-order valence-corrected chi connectivity index (χ0v) is 37.8. The second-order valence-corrected chi connectivity index (χ2v) is 18.7. The molecule has 0 saturated carbocycles. The highest BCUT2D eigenvalue weighted by Crippen LogP contribution is 2.34. The molecule has 2 aliphatic heterocycles. The van der Waals surface area contributed by atoms with Crippen molar-refractivity contribution in [2.75, 3.05) is 47.9 Å². The lowest BCUT2D eigenvalue weighted by molar-refractivity contribution is -0.157. The summed E-state index contributed by atoms with van der Waals surface area (Å²) in [6.45, 7) is 0.809. The molecule has 0 atom stereocenters. The van der Waals surface area contributed by atoms with Gasteiger partial charge in [0.1, 0.15) is 23.3 Å². The van der Waals surface area contributed by atoms with Crippen molar-refractivity contribution in [2.45, 2.75) is 44.7 Å². The van der Waals surface area contributed by atoms with Crippen molar-refractivity contribution in [1.29, 1.82) is 0 Å². The summed E-state index contributed by atoms with van der Waals surface area (Å²) in [6, 6.07) is 16.4. The van der Waals surface area contributed by atoms with Crippen LogP contribution in [0.2, 0.25) is 0 Å². The van der Waals surface area contributed by atoms with Gasteiger partial charge < -0.3 is 14.2 Å². The maximum absolute atomic E-state index is 14.9. The van der Waals surface area contributed by atoms with Crippen LogP contribution in [0.25, 0.3) is 22.9 Å². The number of anilines is 2. The van der Waals surface area contributed by atoms with Crippen LogP contribution in [0.15, 0.2) is 93.8 Å². The highest BCUT2D eigenvalue weighted by molar-refractivity contribution is 7.90. The molecule has 4 aromatic carbocycles. The summed E-state index contributed by atoms with van der Waals surface area (Å²) < 4.78 is 201. The molecule has 2 aromatic heterocycles. The third kappa shape index (κ3) is 12.5. The number of hydrogen-bond acceptors (Lipinski definition) is 11. The first kappa shape index (κ1) is 52.5. The summed E-state index contributed by atoms with van der Waals surface area (Å²) in [4.78, 5) is 0. The Bertz CT molecular complexity index is 2750. The van der Waals surface area contributed by atoms with Gasteiger partial charge in [-0.05, 0) is 73.5 Å². The average Bonchev–Trinajstić information content (AvgIpc) is 4.02. The maximum atomic E-state index is 14.9. The Morgan fingerprint density at radius 2 is 0.957 bits per heavy atom. The average molecular weight is 1040 g/mol. The van der Waals surface area contributed by atoms with Gasteiger partial charge in [-0.15, -0.1) is 32.8 Å². The smallest absolute Gasteiger partial charge is 0.413 e. The zero-order chi connectivity index (χ0) is 49.0. The van der Waals surface area contributed by atoms with Gasteiger partial charge >= 0.3 is 44.6 Å². The number of halogens is 11. The quantitative estimate of drug-likeness (QED) is 0.117. The molecule has 0 amide bonds. The van der Waals surface area contributed by atoms with Crippen LogP contribution in [0.3, 0.4) is 0 Å². The summed E-state index contributed by atoms with van der Waals surface area (Å²) >= 11 is 0. The third-order valence-electron chi connectivity index (χ3n) is 10.4. The van der Waals surface area contributed by atoms with Crippen LogP contribution in [0.5, 0.6) is 0 Å². The van der Waals surface area contributed by atoms with Gasteiger partial charge in [0, 0.05) is 61.5 Å². The van der Waals surface area contributed by atoms with Gasteiger partial charge in [0.2, 0.25) is 11.8 Å². The largest absolute Gasteiger partial charge is 0.470 e. The molecule has 2 saturated heterocycles. The molecular formula is C41H38ClF10N9O6S2. The molecule has 28 heteroatoms. The molecule has 0 spiro atoms. The van der Waals surface area contributed by atoms with Crippen LogP contribution in [-0.2, 0) is 45.9 Å². The molecule has 0 aliphatic carbocycles. The summed E-state index contributed by atoms with van der Waals surface area (Å²) in [5.74, 6) is -7.40. The first-order chi connectivity index (χ1) is 32.1. The van der Waals surface area contributed by atoms with Crippen molar-refractivity contribution >= 4 is 44.2 Å². The monoisotopic (exact) mass is 1040 g/mol. The molecule has 372 valence electrons. The van der Waals surface area contributed by atoms with Crippen LogP contribution in [0, 0.1) is 23.3 Å². The summed E-state index contributed by atoms with van der Waals surface area (Å²) in [7, 11) is -8.27. The van der Waals surface area contributed by atoms with E-state index in [1.165, 1.54) is 57.1 Å². The summed E-state index contributed by atoms with van der Waals surface area (Å²) in [6.07, 6.45) is -7.48. The fourth-order valence-corrected chi connectivity index (χ4v) is 10.2. The van der Waals surface area contributed by atoms with Gasteiger partial charge in [0.25, 0.3) is 0 Å². The van der Waals surface area contributed by atoms with E-state index < -0.39 is 92.7 Å². The highest BCUT2D eigenvalue weighted by atomic mass is 35.5. The second-order valence-electron chi connectivity index (χ2n) is 15.0. The second kappa shape index (κ2) is 21.4. The number of piperazine rings is 1. The van der Waals surface area contributed by atoms with Crippen molar-refractivity contribution in [2.24, 2.45) is 0 Å². The molecular weight excluding hydrogens is 1000 g/mol. The van der Waals surface area contributed by atoms with Crippen molar-refractivity contribution in [3.63, 3.8) is 0 Å². The van der Waals surface area contributed by atoms with E-state index in [0.717, 1.165) is 51.4 Å². The fourth-order valence-electron chi connectivity index (χ4n) is 6.96. The number of piperidine rings is 1. The molecule has 0 bridgehead atoms. The molecule has 69 heavy (non-hydrogen) atoms. The predicted molar refractivity (Wildman–Crippen MR) is 230 cm³/mol. The van der Waals surface area contributed by atoms with Crippen LogP contribution in [0.1, 0.15) is 42.2 Å². The molecule has 1 N–H and O–H groups in total. The lowest BCUT2D eigenvalue weighted by atomic mass is 10.1. The SMILES string of the molecule is Cl.O=S(=O)(N1CCCCC1)N(Cc1ccc(-c2nnc(C(F)(F)F)o2)cc1F)c1cccc(F)c1.O=S(=O)(N1CCNCC1)N(Cc1ccc(-c2nnc(C(F)(F)F)o2)cc1F)c1cccc(F)c1. The third-order valence-corrected chi connectivity index (χ3v) is 14.2. The molecule has 8 rings (SSSR count). The van der Waals surface area contributed by atoms with Crippen LogP contribution < -0.4 is 13.9 Å². The van der Waals surface area contributed by atoms with Crippen LogP contribution in [0.4, 0.5) is 55.3 Å². The van der Waals surface area contributed by atoms with Gasteiger partial charge in [0.05, 0.1) is 24.5 Å². The van der Waals surface area contributed by atoms with E-state index in [2.05, 4.69) is 34.5 Å². The standard InChI is InChI=1S/C21H19F5N4O3S.C20H18F5N5O3S.ClH/c22-16-5-4-6-17(12-16)30(34(31,32)29-9-2-1-3-10-29)13-15-8-7-14(11-18(15)23)19-27-28-20(33-19)21(24,25)26;21-15-2-1-3-16(11-15)30(34(31,32)29-8-6-26-7-9-29)12-14-5-4-13(10-17(14)22)18-27-28-19(33-18)20(23,24)25;/h4-8,11-12H,1-3,9-10,13H2;1-5,10-11,26H,6-9,12H2;1H. The van der Waals surface area contributed by atoms with E-state index in [-0.39, 0.29) is 72.2 Å². The van der Waals surface area contributed by atoms with Crippen LogP contribution >= 0.6 is 12.4 Å². The topological polar surface area (TPSA) is 171 Å². The van der Waals surface area contributed by atoms with Gasteiger partial charge in [-0.3, -0.25) is 8.61 Å². The molecule has 4 heterocycles. The number of hydrogen-bond donors (Lipinski definition) is 1. The van der Waals surface area contributed by atoms with Crippen molar-refractivity contribution in [3.05, 3.63) is 131 Å². The molecule has 15 nitrogen and oxygen atoms in total. The summed E-state index contributed by atoms with van der Waals surface area (Å²) in [5.41, 5.74) is -0.395.